The molecule has 1 aliphatic rings. The third-order valence-corrected chi connectivity index (χ3v) is 5.36. The van der Waals surface area contributed by atoms with Gasteiger partial charge in [-0.15, -0.1) is 0 Å². The second-order valence-electron chi connectivity index (χ2n) is 7.69. The number of carbonyl (C=O) groups is 1. The fraction of sp³-hybridized carbons (Fsp3) is 0.333. The van der Waals surface area contributed by atoms with Gasteiger partial charge in [-0.3, -0.25) is 4.90 Å². The summed E-state index contributed by atoms with van der Waals surface area (Å²) in [5.41, 5.74) is 3.16. The molecule has 1 N–H and O–H groups in total. The average Bonchev–Trinajstić information content (AvgIpc) is 3.37. The van der Waals surface area contributed by atoms with Crippen molar-refractivity contribution in [2.24, 2.45) is 0 Å². The van der Waals surface area contributed by atoms with Crippen molar-refractivity contribution in [3.05, 3.63) is 78.1 Å². The maximum atomic E-state index is 12.5. The molecule has 0 bridgehead atoms. The monoisotopic (exact) mass is 404 g/mol. The van der Waals surface area contributed by atoms with Gasteiger partial charge in [-0.05, 0) is 30.5 Å². The van der Waals surface area contributed by atoms with E-state index in [0.717, 1.165) is 50.3 Å². The molecular formula is C24H28N4O2. The van der Waals surface area contributed by atoms with E-state index in [1.54, 1.807) is 6.20 Å². The average molecular weight is 405 g/mol. The minimum Gasteiger partial charge on any atom is -0.407 e. The molecule has 0 spiro atoms. The molecule has 1 aromatic heterocycles. The number of carbonyl (C=O) groups excluding carboxylic acids is 1. The Morgan fingerprint density at radius 3 is 2.60 bits per heavy atom. The van der Waals surface area contributed by atoms with Crippen LogP contribution in [-0.2, 0) is 13.0 Å². The van der Waals surface area contributed by atoms with Crippen molar-refractivity contribution < 1.29 is 9.53 Å². The number of ether oxygens (including phenoxy) is 1. The van der Waals surface area contributed by atoms with Gasteiger partial charge >= 0.3 is 6.09 Å². The Morgan fingerprint density at radius 1 is 1.13 bits per heavy atom. The lowest BCUT2D eigenvalue weighted by Gasteiger charge is -2.16. The number of hydrogen-bond acceptors (Lipinski definition) is 4. The Kier molecular flexibility index (Phi) is 6.44. The minimum absolute atomic E-state index is 0.0972. The molecule has 30 heavy (non-hydrogen) atoms. The predicted molar refractivity (Wildman–Crippen MR) is 117 cm³/mol. The number of rotatable bonds is 7. The van der Waals surface area contributed by atoms with E-state index in [0.29, 0.717) is 5.75 Å². The highest BCUT2D eigenvalue weighted by atomic mass is 16.6. The van der Waals surface area contributed by atoms with Gasteiger partial charge in [-0.1, -0.05) is 61.9 Å². The molecule has 1 fully saturated rings. The summed E-state index contributed by atoms with van der Waals surface area (Å²) in [5, 5.41) is 7.47. The smallest absolute Gasteiger partial charge is 0.407 e. The van der Waals surface area contributed by atoms with Crippen LogP contribution < -0.4 is 10.1 Å². The van der Waals surface area contributed by atoms with Gasteiger partial charge in [0.1, 0.15) is 0 Å². The number of nitrogens with zero attached hydrogens (tertiary/aromatic N) is 3. The molecule has 0 saturated carbocycles. The third-order valence-electron chi connectivity index (χ3n) is 5.36. The molecule has 1 aliphatic heterocycles. The van der Waals surface area contributed by atoms with Crippen molar-refractivity contribution in [1.29, 1.82) is 0 Å². The van der Waals surface area contributed by atoms with Gasteiger partial charge in [0.05, 0.1) is 17.6 Å². The summed E-state index contributed by atoms with van der Waals surface area (Å²) >= 11 is 0. The fourth-order valence-electron chi connectivity index (χ4n) is 3.93. The molecule has 2 aromatic carbocycles. The second kappa shape index (κ2) is 9.59. The lowest BCUT2D eigenvalue weighted by Crippen LogP contribution is -2.38. The van der Waals surface area contributed by atoms with Crippen LogP contribution in [0.2, 0.25) is 0 Å². The van der Waals surface area contributed by atoms with Gasteiger partial charge in [0.2, 0.25) is 0 Å². The van der Waals surface area contributed by atoms with Gasteiger partial charge in [0.25, 0.3) is 0 Å². The zero-order chi connectivity index (χ0) is 20.8. The first-order valence-corrected chi connectivity index (χ1v) is 10.6. The van der Waals surface area contributed by atoms with Crippen LogP contribution in [0, 0.1) is 0 Å². The van der Waals surface area contributed by atoms with E-state index in [4.69, 9.17) is 4.74 Å². The molecule has 1 atom stereocenters. The maximum absolute atomic E-state index is 12.5. The van der Waals surface area contributed by atoms with Crippen molar-refractivity contribution in [3.63, 3.8) is 0 Å². The van der Waals surface area contributed by atoms with Crippen molar-refractivity contribution in [2.75, 3.05) is 13.1 Å². The molecule has 6 heteroatoms. The molecule has 4 rings (SSSR count). The number of nitrogens with one attached hydrogen (secondary N) is 1. The van der Waals surface area contributed by atoms with Crippen LogP contribution in [0.3, 0.4) is 0 Å². The molecule has 0 aliphatic carbocycles. The van der Waals surface area contributed by atoms with Crippen LogP contribution in [0.15, 0.2) is 66.9 Å². The molecule has 1 amide bonds. The molecule has 3 aromatic rings. The number of benzene rings is 2. The number of hydrogen-bond donors (Lipinski definition) is 1. The zero-order valence-corrected chi connectivity index (χ0v) is 17.3. The van der Waals surface area contributed by atoms with Gasteiger partial charge in [-0.2, -0.15) is 5.10 Å². The summed E-state index contributed by atoms with van der Waals surface area (Å²) in [6.07, 6.45) is 3.87. The summed E-state index contributed by atoms with van der Waals surface area (Å²) < 4.78 is 7.51. The van der Waals surface area contributed by atoms with Crippen molar-refractivity contribution >= 4 is 6.09 Å². The summed E-state index contributed by atoms with van der Waals surface area (Å²) in [5.74, 6) is 0.525. The van der Waals surface area contributed by atoms with E-state index in [2.05, 4.69) is 46.5 Å². The normalized spacial score (nSPS) is 16.5. The standard InChI is InChI=1S/C24H28N4O2/c1-2-9-22-23(16-25-28(22)21-12-7-4-8-13-21)30-24(29)26-20-14-15-27(18-20)17-19-10-5-3-6-11-19/h3-8,10-13,16,20H,2,9,14-15,17-18H2,1H3,(H,26,29). The van der Waals surface area contributed by atoms with Crippen molar-refractivity contribution in [2.45, 2.75) is 38.8 Å². The van der Waals surface area contributed by atoms with E-state index >= 15 is 0 Å². The quantitative estimate of drug-likeness (QED) is 0.642. The molecule has 1 unspecified atom stereocenters. The highest BCUT2D eigenvalue weighted by Crippen LogP contribution is 2.23. The van der Waals surface area contributed by atoms with E-state index < -0.39 is 6.09 Å². The van der Waals surface area contributed by atoms with Gasteiger partial charge in [0.15, 0.2) is 5.75 Å². The summed E-state index contributed by atoms with van der Waals surface area (Å²) in [6.45, 7) is 4.80. The molecule has 2 heterocycles. The largest absolute Gasteiger partial charge is 0.412 e. The molecule has 1 saturated heterocycles. The van der Waals surface area contributed by atoms with Gasteiger partial charge < -0.3 is 10.1 Å². The minimum atomic E-state index is -0.411. The molecule has 6 nitrogen and oxygen atoms in total. The lowest BCUT2D eigenvalue weighted by atomic mass is 10.2. The summed E-state index contributed by atoms with van der Waals surface area (Å²) in [6, 6.07) is 20.4. The number of para-hydroxylation sites is 1. The highest BCUT2D eigenvalue weighted by Gasteiger charge is 2.25. The first-order valence-electron chi connectivity index (χ1n) is 10.6. The predicted octanol–water partition coefficient (Wildman–Crippen LogP) is 4.19. The first kappa shape index (κ1) is 20.2. The van der Waals surface area contributed by atoms with Gasteiger partial charge in [0, 0.05) is 25.7 Å². The van der Waals surface area contributed by atoms with Gasteiger partial charge in [-0.25, -0.2) is 9.48 Å². The third kappa shape index (κ3) is 4.89. The SMILES string of the molecule is CCCc1c(OC(=O)NC2CCN(Cc3ccccc3)C2)cnn1-c1ccccc1. The molecule has 0 radical (unpaired) electrons. The van der Waals surface area contributed by atoms with E-state index in [9.17, 15) is 4.79 Å². The van der Waals surface area contributed by atoms with Crippen LogP contribution in [0.25, 0.3) is 5.69 Å². The van der Waals surface area contributed by atoms with Crippen LogP contribution in [0.1, 0.15) is 31.0 Å². The topological polar surface area (TPSA) is 59.4 Å². The molecule has 156 valence electrons. The summed E-state index contributed by atoms with van der Waals surface area (Å²) in [7, 11) is 0. The Hall–Kier alpha value is -3.12. The van der Waals surface area contributed by atoms with Crippen LogP contribution >= 0.6 is 0 Å². The number of aromatic nitrogens is 2. The highest BCUT2D eigenvalue weighted by molar-refractivity contribution is 5.71. The van der Waals surface area contributed by atoms with Crippen molar-refractivity contribution in [3.8, 4) is 11.4 Å². The van der Waals surface area contributed by atoms with Crippen LogP contribution in [-0.4, -0.2) is 39.9 Å². The van der Waals surface area contributed by atoms with Crippen LogP contribution in [0.5, 0.6) is 5.75 Å². The maximum Gasteiger partial charge on any atom is 0.412 e. The van der Waals surface area contributed by atoms with Crippen LogP contribution in [0.4, 0.5) is 4.79 Å². The first-order chi connectivity index (χ1) is 14.7. The van der Waals surface area contributed by atoms with E-state index in [1.807, 2.05) is 41.1 Å². The Bertz CT molecular complexity index is 956. The summed E-state index contributed by atoms with van der Waals surface area (Å²) in [4.78, 5) is 14.9. The number of likely N-dealkylation sites (tertiary alicyclic amines) is 1. The lowest BCUT2D eigenvalue weighted by molar-refractivity contribution is 0.195. The Labute approximate surface area is 177 Å². The Morgan fingerprint density at radius 2 is 1.87 bits per heavy atom. The van der Waals surface area contributed by atoms with E-state index in [1.165, 1.54) is 5.56 Å². The zero-order valence-electron chi connectivity index (χ0n) is 17.3. The fourth-order valence-corrected chi connectivity index (χ4v) is 3.93. The Balaban J connectivity index is 1.36. The van der Waals surface area contributed by atoms with Crippen molar-refractivity contribution in [1.82, 2.24) is 20.0 Å². The second-order valence-corrected chi connectivity index (χ2v) is 7.69. The van der Waals surface area contributed by atoms with E-state index in [-0.39, 0.29) is 6.04 Å². The number of amides is 1. The molecular weight excluding hydrogens is 376 g/mol.